The number of alkyl carbamates (subject to hydrolysis) is 1. The van der Waals surface area contributed by atoms with Crippen molar-refractivity contribution in [3.63, 3.8) is 0 Å². The van der Waals surface area contributed by atoms with Crippen LogP contribution in [0.15, 0.2) is 0 Å². The van der Waals surface area contributed by atoms with Gasteiger partial charge in [0, 0.05) is 58.3 Å². The molecule has 4 fully saturated rings. The highest BCUT2D eigenvalue weighted by Gasteiger charge is 2.30. The first-order valence-corrected chi connectivity index (χ1v) is 24.9. The summed E-state index contributed by atoms with van der Waals surface area (Å²) < 4.78 is 33.6. The molecule has 0 bridgehead atoms. The highest BCUT2D eigenvalue weighted by molar-refractivity contribution is 5.76. The smallest absolute Gasteiger partial charge is 0.466 e. The van der Waals surface area contributed by atoms with Gasteiger partial charge in [0.15, 0.2) is 0 Å². The number of hydrogen-bond acceptors (Lipinski definition) is 9. The molecule has 0 radical (unpaired) electrons. The third-order valence-corrected chi connectivity index (χ3v) is 14.4. The minimum Gasteiger partial charge on any atom is -0.466 e. The van der Waals surface area contributed by atoms with E-state index in [4.69, 9.17) is 18.9 Å². The van der Waals surface area contributed by atoms with Crippen molar-refractivity contribution in [2.45, 2.75) is 186 Å². The molecule has 63 heavy (non-hydrogen) atoms. The van der Waals surface area contributed by atoms with Crippen molar-refractivity contribution in [1.29, 1.82) is 0 Å². The van der Waals surface area contributed by atoms with Crippen molar-refractivity contribution in [2.75, 3.05) is 53.2 Å². The lowest BCUT2D eigenvalue weighted by molar-refractivity contribution is -0.147. The number of unbranched alkanes of at least 4 members (excludes halogenated alkanes) is 3. The van der Waals surface area contributed by atoms with Crippen LogP contribution in [0.2, 0.25) is 0 Å². The molecule has 2 N–H and O–H groups in total. The number of carbonyl (C=O) groups is 5. The summed E-state index contributed by atoms with van der Waals surface area (Å²) in [6, 6.07) is 0.526. The van der Waals surface area contributed by atoms with E-state index < -0.39 is 0 Å². The topological polar surface area (TPSA) is 154 Å². The first kappa shape index (κ1) is 52.2. The molecule has 0 aliphatic heterocycles. The summed E-state index contributed by atoms with van der Waals surface area (Å²) in [7, 11) is 1.59. The van der Waals surface area contributed by atoms with E-state index in [0.29, 0.717) is 114 Å². The Morgan fingerprint density at radius 3 is 1.54 bits per heavy atom. The number of rotatable bonds is 26. The highest BCUT2D eigenvalue weighted by Crippen LogP contribution is 2.40. The van der Waals surface area contributed by atoms with E-state index >= 15 is 0 Å². The number of esters is 2. The minimum absolute atomic E-state index is 0.00133. The lowest BCUT2D eigenvalue weighted by Gasteiger charge is -2.34. The lowest BCUT2D eigenvalue weighted by atomic mass is 9.72. The van der Waals surface area contributed by atoms with Crippen LogP contribution in [0.1, 0.15) is 174 Å². The maximum absolute atomic E-state index is 12.7. The zero-order valence-electron chi connectivity index (χ0n) is 38.9. The van der Waals surface area contributed by atoms with E-state index in [1.54, 1.807) is 18.9 Å². The van der Waals surface area contributed by atoms with Crippen molar-refractivity contribution in [3.8, 4) is 6.32 Å². The maximum atomic E-state index is 12.7. The Balaban J connectivity index is 0.947. The predicted molar refractivity (Wildman–Crippen MR) is 240 cm³/mol. The molecular formula is C49H82FN4O9+. The molecule has 3 amide bonds. The summed E-state index contributed by atoms with van der Waals surface area (Å²) >= 11 is 0. The molecule has 13 nitrogen and oxygen atoms in total. The van der Waals surface area contributed by atoms with Crippen LogP contribution < -0.4 is 10.6 Å². The summed E-state index contributed by atoms with van der Waals surface area (Å²) in [4.78, 5) is 66.8. The zero-order valence-corrected chi connectivity index (χ0v) is 38.9. The van der Waals surface area contributed by atoms with E-state index in [9.17, 15) is 28.4 Å². The monoisotopic (exact) mass is 890 g/mol. The fourth-order valence-corrected chi connectivity index (χ4v) is 10.7. The zero-order chi connectivity index (χ0) is 45.1. The van der Waals surface area contributed by atoms with Crippen LogP contribution in [-0.2, 0) is 38.1 Å². The Bertz CT molecular complexity index is 1410. The van der Waals surface area contributed by atoms with Crippen LogP contribution in [0.4, 0.5) is 9.18 Å². The van der Waals surface area contributed by atoms with Crippen molar-refractivity contribution >= 4 is 29.8 Å². The third kappa shape index (κ3) is 22.3. The lowest BCUT2D eigenvalue weighted by Crippen LogP contribution is -2.39. The van der Waals surface area contributed by atoms with Crippen LogP contribution in [-0.4, -0.2) is 100 Å². The molecule has 0 aromatic rings. The summed E-state index contributed by atoms with van der Waals surface area (Å²) in [5, 5.41) is 6.13. The highest BCUT2D eigenvalue weighted by atomic mass is 19.1. The number of nitrogens with zero attached hydrogens (tertiary/aromatic N) is 2. The number of halogens is 1. The van der Waals surface area contributed by atoms with Crippen molar-refractivity contribution in [3.05, 3.63) is 4.85 Å². The molecule has 0 spiro atoms. The largest absolute Gasteiger partial charge is 0.498 e. The summed E-state index contributed by atoms with van der Waals surface area (Å²) in [6.45, 7) is 4.03. The van der Waals surface area contributed by atoms with E-state index in [1.165, 1.54) is 32.0 Å². The van der Waals surface area contributed by atoms with Gasteiger partial charge < -0.3 is 34.5 Å². The van der Waals surface area contributed by atoms with Gasteiger partial charge >= 0.3 is 24.4 Å². The average molecular weight is 890 g/mol. The molecule has 0 aromatic heterocycles. The van der Waals surface area contributed by atoms with Crippen LogP contribution in [0.5, 0.6) is 0 Å². The Morgan fingerprint density at radius 1 is 0.571 bits per heavy atom. The van der Waals surface area contributed by atoms with Gasteiger partial charge in [0.2, 0.25) is 11.8 Å². The molecule has 4 aliphatic rings. The molecule has 358 valence electrons. The Labute approximate surface area is 377 Å². The fraction of sp³-hybridized carbons (Fsp3) is 0.878. The summed E-state index contributed by atoms with van der Waals surface area (Å²) in [5.74, 6) is 3.37. The van der Waals surface area contributed by atoms with E-state index in [-0.39, 0.29) is 42.5 Å². The summed E-state index contributed by atoms with van der Waals surface area (Å²) in [6.07, 6.45) is 25.9. The Morgan fingerprint density at radius 2 is 1.03 bits per heavy atom. The van der Waals surface area contributed by atoms with Crippen LogP contribution in [0.3, 0.4) is 0 Å². The molecule has 14 heteroatoms. The first-order valence-electron chi connectivity index (χ1n) is 24.9. The number of amides is 3. The van der Waals surface area contributed by atoms with Crippen LogP contribution >= 0.6 is 0 Å². The molecule has 0 saturated heterocycles. The second-order valence-corrected chi connectivity index (χ2v) is 19.4. The van der Waals surface area contributed by atoms with E-state index in [2.05, 4.69) is 15.5 Å². The fourth-order valence-electron chi connectivity index (χ4n) is 10.7. The van der Waals surface area contributed by atoms with Gasteiger partial charge in [0.05, 0.1) is 26.4 Å². The van der Waals surface area contributed by atoms with Crippen LogP contribution in [0, 0.1) is 41.8 Å². The molecule has 0 aromatic carbocycles. The Kier molecular flexibility index (Phi) is 25.4. The number of carbonyl (C=O) groups excluding carboxylic acids is 5. The van der Waals surface area contributed by atoms with Crippen molar-refractivity contribution in [1.82, 2.24) is 15.5 Å². The van der Waals surface area contributed by atoms with Gasteiger partial charge in [-0.2, -0.15) is 0 Å². The van der Waals surface area contributed by atoms with E-state index in [1.807, 2.05) is 0 Å². The molecule has 0 heterocycles. The van der Waals surface area contributed by atoms with E-state index in [0.717, 1.165) is 108 Å². The van der Waals surface area contributed by atoms with Gasteiger partial charge in [-0.3, -0.25) is 19.2 Å². The van der Waals surface area contributed by atoms with Gasteiger partial charge in [-0.25, -0.2) is 4.79 Å². The molecule has 4 rings (SSSR count). The second-order valence-electron chi connectivity index (χ2n) is 19.4. The standard InChI is InChI=1S/C49H81FN4O9/c1-37(55)52-44-21-17-40(18-22-44)33-41-19-23-45(24-20-41)53-49(59)63-29-7-6-28-61-47(57)34-42-13-9-38(10-14-42)32-39-11-15-43(16-12-39)35-48(58)62-31-27-54(26-30-60-2)46(56)8-4-3-5-25-51-36-50/h38-45H,3-35H2,1-2H3,(H-,52,53,55,59)/p+1. The maximum Gasteiger partial charge on any atom is 0.498 e. The SMILES string of the molecule is COCCN(CCOC(=O)CC1CCC(CC2CCC(CC(=O)OCCCCOC(=O)NC3CCC(CC4CCC(NC(C)=O)CC4)CC3)CC2)CC1)C(=O)CCCCC[N+]#CF. The third-order valence-electron chi connectivity index (χ3n) is 14.4. The van der Waals surface area contributed by atoms with Crippen molar-refractivity contribution in [2.24, 2.45) is 35.5 Å². The van der Waals surface area contributed by atoms with Gasteiger partial charge in [0.1, 0.15) is 6.61 Å². The van der Waals surface area contributed by atoms with Gasteiger partial charge in [-0.15, -0.1) is 0 Å². The second kappa shape index (κ2) is 30.6. The number of nitrogens with one attached hydrogen (secondary N) is 2. The molecule has 4 aliphatic carbocycles. The summed E-state index contributed by atoms with van der Waals surface area (Å²) in [5.41, 5.74) is 0. The number of methoxy groups -OCH3 is 1. The molecular weight excluding hydrogens is 808 g/mol. The Hall–Kier alpha value is -3.47. The predicted octanol–water partition coefficient (Wildman–Crippen LogP) is 9.30. The minimum atomic E-state index is -0.347. The van der Waals surface area contributed by atoms with Crippen molar-refractivity contribution < 1.29 is 47.3 Å². The van der Waals surface area contributed by atoms with Gasteiger partial charge in [-0.1, -0.05) is 30.1 Å². The first-order chi connectivity index (χ1) is 30.6. The number of hydrogen-bond donors (Lipinski definition) is 2. The number of ether oxygens (including phenoxy) is 4. The van der Waals surface area contributed by atoms with Crippen LogP contribution in [0.25, 0.3) is 4.85 Å². The normalized spacial score (nSPS) is 26.0. The molecule has 0 unspecified atom stereocenters. The quantitative estimate of drug-likeness (QED) is 0.0492. The van der Waals surface area contributed by atoms with Gasteiger partial charge in [0.25, 0.3) is 6.54 Å². The molecule has 4 saturated carbocycles. The molecule has 0 atom stereocenters. The average Bonchev–Trinajstić information content (AvgIpc) is 3.27. The van der Waals surface area contributed by atoms with Gasteiger partial charge in [-0.05, 0) is 156 Å².